The molecule has 0 saturated heterocycles. The maximum Gasteiger partial charge on any atom is 0.109 e. The smallest absolute Gasteiger partial charge is 0.109 e. The van der Waals surface area contributed by atoms with Crippen LogP contribution in [0.25, 0.3) is 11.1 Å². The van der Waals surface area contributed by atoms with Gasteiger partial charge in [-0.3, -0.25) is 0 Å². The van der Waals surface area contributed by atoms with Crippen molar-refractivity contribution in [3.8, 4) is 0 Å². The molecule has 23 heavy (non-hydrogen) atoms. The molecule has 0 aliphatic heterocycles. The summed E-state index contributed by atoms with van der Waals surface area (Å²) in [5.41, 5.74) is 13.1. The lowest BCUT2D eigenvalue weighted by molar-refractivity contribution is 0.318. The molecule has 0 heterocycles. The van der Waals surface area contributed by atoms with Crippen LogP contribution >= 0.6 is 0 Å². The molecule has 0 spiro atoms. The second kappa shape index (κ2) is 6.23. The Balaban J connectivity index is 2.05. The van der Waals surface area contributed by atoms with Crippen molar-refractivity contribution in [3.63, 3.8) is 0 Å². The number of rotatable bonds is 2. The zero-order chi connectivity index (χ0) is 16.4. The molecular weight excluding hydrogens is 284 g/mol. The number of allylic oxidation sites excluding steroid dienone is 2. The van der Waals surface area contributed by atoms with Crippen LogP contribution in [0.5, 0.6) is 0 Å². The molecule has 0 aromatic heterocycles. The second-order valence-electron chi connectivity index (χ2n) is 5.90. The van der Waals surface area contributed by atoms with Crippen molar-refractivity contribution in [2.45, 2.75) is 19.9 Å². The van der Waals surface area contributed by atoms with E-state index < -0.39 is 6.04 Å². The average Bonchev–Trinajstić information content (AvgIpc) is 2.56. The summed E-state index contributed by atoms with van der Waals surface area (Å²) in [6, 6.07) is 15.8. The Morgan fingerprint density at radius 3 is 1.87 bits per heavy atom. The van der Waals surface area contributed by atoms with E-state index in [0.717, 1.165) is 22.3 Å². The van der Waals surface area contributed by atoms with Crippen LogP contribution in [0.15, 0.2) is 65.8 Å². The maximum atomic E-state index is 9.50. The summed E-state index contributed by atoms with van der Waals surface area (Å²) < 4.78 is 0. The SMILES string of the molecule is Cc1ccc(C2=CC=C(c3ccc(C)cc3)C(N)/C2=N\O)cc1. The number of nitrogens with zero attached hydrogens (tertiary/aromatic N) is 1. The number of aryl methyl sites for hydroxylation is 2. The summed E-state index contributed by atoms with van der Waals surface area (Å²) >= 11 is 0. The zero-order valence-corrected chi connectivity index (χ0v) is 13.3. The highest BCUT2D eigenvalue weighted by atomic mass is 16.4. The molecule has 1 aliphatic rings. The molecule has 3 heteroatoms. The van der Waals surface area contributed by atoms with Crippen molar-refractivity contribution in [2.75, 3.05) is 0 Å². The van der Waals surface area contributed by atoms with Gasteiger partial charge in [0, 0.05) is 5.57 Å². The van der Waals surface area contributed by atoms with Gasteiger partial charge in [-0.05, 0) is 30.5 Å². The molecule has 3 rings (SSSR count). The third kappa shape index (κ3) is 2.96. The van der Waals surface area contributed by atoms with Crippen LogP contribution in [0, 0.1) is 13.8 Å². The van der Waals surface area contributed by atoms with E-state index in [2.05, 4.69) is 24.2 Å². The molecule has 0 bridgehead atoms. The fraction of sp³-hybridized carbons (Fsp3) is 0.150. The second-order valence-corrected chi connectivity index (χ2v) is 5.90. The Bertz CT molecular complexity index is 797. The van der Waals surface area contributed by atoms with Crippen LogP contribution in [0.3, 0.4) is 0 Å². The minimum absolute atomic E-state index is 0.455. The van der Waals surface area contributed by atoms with E-state index in [0.29, 0.717) is 5.71 Å². The van der Waals surface area contributed by atoms with E-state index in [-0.39, 0.29) is 0 Å². The maximum absolute atomic E-state index is 9.50. The van der Waals surface area contributed by atoms with Crippen LogP contribution in [-0.2, 0) is 0 Å². The lowest BCUT2D eigenvalue weighted by Crippen LogP contribution is -2.34. The Hall–Kier alpha value is -2.65. The van der Waals surface area contributed by atoms with Gasteiger partial charge in [-0.15, -0.1) is 0 Å². The number of benzene rings is 2. The van der Waals surface area contributed by atoms with Crippen molar-refractivity contribution in [3.05, 3.63) is 82.9 Å². The fourth-order valence-electron chi connectivity index (χ4n) is 2.79. The summed E-state index contributed by atoms with van der Waals surface area (Å²) in [5, 5.41) is 13.0. The van der Waals surface area contributed by atoms with Crippen molar-refractivity contribution in [1.82, 2.24) is 0 Å². The van der Waals surface area contributed by atoms with E-state index >= 15 is 0 Å². The monoisotopic (exact) mass is 304 g/mol. The lowest BCUT2D eigenvalue weighted by atomic mass is 9.84. The topological polar surface area (TPSA) is 58.6 Å². The number of hydrogen-bond acceptors (Lipinski definition) is 3. The molecule has 1 atom stereocenters. The predicted octanol–water partition coefficient (Wildman–Crippen LogP) is 3.94. The summed E-state index contributed by atoms with van der Waals surface area (Å²) in [6.07, 6.45) is 3.98. The van der Waals surface area contributed by atoms with Gasteiger partial charge < -0.3 is 10.9 Å². The largest absolute Gasteiger partial charge is 0.411 e. The minimum atomic E-state index is -0.455. The molecule has 3 nitrogen and oxygen atoms in total. The molecule has 0 fully saturated rings. The third-order valence-electron chi connectivity index (χ3n) is 4.19. The van der Waals surface area contributed by atoms with Gasteiger partial charge in [0.25, 0.3) is 0 Å². The van der Waals surface area contributed by atoms with Gasteiger partial charge in [0.2, 0.25) is 0 Å². The van der Waals surface area contributed by atoms with Gasteiger partial charge in [-0.2, -0.15) is 0 Å². The molecule has 3 N–H and O–H groups in total. The first-order valence-electron chi connectivity index (χ1n) is 7.64. The molecule has 0 amide bonds. The van der Waals surface area contributed by atoms with Crippen LogP contribution in [0.1, 0.15) is 22.3 Å². The zero-order valence-electron chi connectivity index (χ0n) is 13.3. The van der Waals surface area contributed by atoms with Crippen molar-refractivity contribution >= 4 is 16.9 Å². The van der Waals surface area contributed by atoms with Gasteiger partial charge in [-0.1, -0.05) is 77.0 Å². The van der Waals surface area contributed by atoms with Crippen molar-refractivity contribution in [2.24, 2.45) is 10.9 Å². The molecule has 2 aromatic rings. The summed E-state index contributed by atoms with van der Waals surface area (Å²) in [6.45, 7) is 4.09. The molecule has 1 unspecified atom stereocenters. The van der Waals surface area contributed by atoms with Crippen molar-refractivity contribution < 1.29 is 5.21 Å². The average molecular weight is 304 g/mol. The van der Waals surface area contributed by atoms with Gasteiger partial charge in [0.05, 0.1) is 6.04 Å². The molecule has 116 valence electrons. The number of nitrogens with two attached hydrogens (primary N) is 1. The molecule has 1 aliphatic carbocycles. The molecular formula is C20H20N2O. The fourth-order valence-corrected chi connectivity index (χ4v) is 2.79. The van der Waals surface area contributed by atoms with Crippen LogP contribution in [0.4, 0.5) is 0 Å². The first-order chi connectivity index (χ1) is 11.1. The Morgan fingerprint density at radius 1 is 0.826 bits per heavy atom. The Labute approximate surface area is 136 Å². The van der Waals surface area contributed by atoms with E-state index in [4.69, 9.17) is 5.73 Å². The lowest BCUT2D eigenvalue weighted by Gasteiger charge is -2.23. The molecule has 0 radical (unpaired) electrons. The number of oxime groups is 1. The third-order valence-corrected chi connectivity index (χ3v) is 4.19. The number of hydrogen-bond donors (Lipinski definition) is 2. The summed E-state index contributed by atoms with van der Waals surface area (Å²) in [7, 11) is 0. The Kier molecular flexibility index (Phi) is 4.13. The molecule has 2 aromatic carbocycles. The first-order valence-corrected chi connectivity index (χ1v) is 7.64. The van der Waals surface area contributed by atoms with E-state index in [1.165, 1.54) is 11.1 Å². The standard InChI is InChI=1S/C20H20N2O/c1-13-3-7-15(8-4-13)17-11-12-18(20(22-23)19(17)21)16-9-5-14(2)6-10-16/h3-12,19,23H,21H2,1-2H3/b22-20-. The highest BCUT2D eigenvalue weighted by Gasteiger charge is 2.25. The minimum Gasteiger partial charge on any atom is -0.411 e. The van der Waals surface area contributed by atoms with Crippen molar-refractivity contribution in [1.29, 1.82) is 0 Å². The van der Waals surface area contributed by atoms with E-state index in [1.54, 1.807) is 0 Å². The predicted molar refractivity (Wildman–Crippen MR) is 95.5 cm³/mol. The molecule has 0 saturated carbocycles. The van der Waals surface area contributed by atoms with Gasteiger partial charge in [0.1, 0.15) is 5.71 Å². The van der Waals surface area contributed by atoms with Crippen LogP contribution in [-0.4, -0.2) is 17.0 Å². The van der Waals surface area contributed by atoms with Gasteiger partial charge >= 0.3 is 0 Å². The van der Waals surface area contributed by atoms with E-state index in [9.17, 15) is 5.21 Å². The highest BCUT2D eigenvalue weighted by Crippen LogP contribution is 2.29. The van der Waals surface area contributed by atoms with Crippen LogP contribution in [0.2, 0.25) is 0 Å². The normalized spacial score (nSPS) is 19.4. The van der Waals surface area contributed by atoms with Gasteiger partial charge in [0.15, 0.2) is 0 Å². The first kappa shape index (κ1) is 15.3. The van der Waals surface area contributed by atoms with Gasteiger partial charge in [-0.25, -0.2) is 0 Å². The Morgan fingerprint density at radius 2 is 1.35 bits per heavy atom. The highest BCUT2D eigenvalue weighted by molar-refractivity contribution is 6.31. The summed E-state index contributed by atoms with van der Waals surface area (Å²) in [4.78, 5) is 0. The summed E-state index contributed by atoms with van der Waals surface area (Å²) in [5.74, 6) is 0. The van der Waals surface area contributed by atoms with E-state index in [1.807, 2.05) is 55.5 Å². The quantitative estimate of drug-likeness (QED) is 0.652. The van der Waals surface area contributed by atoms with Crippen LogP contribution < -0.4 is 5.73 Å².